The fraction of sp³-hybridized carbons (Fsp3) is 0.444. The van der Waals surface area contributed by atoms with E-state index in [2.05, 4.69) is 47.6 Å². The van der Waals surface area contributed by atoms with E-state index < -0.39 is 0 Å². The number of nitrogens with zero attached hydrogens (tertiary/aromatic N) is 1. The predicted octanol–water partition coefficient (Wildman–Crippen LogP) is 3.03. The largest absolute Gasteiger partial charge is 0.497 e. The molecule has 1 N–H and O–H groups in total. The fourth-order valence-corrected chi connectivity index (χ4v) is 3.14. The maximum absolute atomic E-state index is 5.28. The number of rotatable bonds is 4. The van der Waals surface area contributed by atoms with E-state index in [9.17, 15) is 0 Å². The van der Waals surface area contributed by atoms with E-state index in [4.69, 9.17) is 4.74 Å². The molecule has 0 unspecified atom stereocenters. The summed E-state index contributed by atoms with van der Waals surface area (Å²) in [5.41, 5.74) is 1.40. The van der Waals surface area contributed by atoms with E-state index in [1.807, 2.05) is 6.07 Å². The van der Waals surface area contributed by atoms with Gasteiger partial charge in [-0.05, 0) is 67.5 Å². The van der Waals surface area contributed by atoms with Crippen LogP contribution in [0.1, 0.15) is 18.4 Å². The number of hydrogen-bond acceptors (Lipinski definition) is 3. The molecule has 3 heteroatoms. The fourth-order valence-electron chi connectivity index (χ4n) is 3.14. The van der Waals surface area contributed by atoms with Gasteiger partial charge in [-0.2, -0.15) is 0 Å². The molecule has 0 amide bonds. The molecule has 1 saturated heterocycles. The summed E-state index contributed by atoms with van der Waals surface area (Å²) in [7, 11) is 3.78. The van der Waals surface area contributed by atoms with Crippen LogP contribution in [0, 0.1) is 0 Å². The van der Waals surface area contributed by atoms with Crippen LogP contribution in [0.15, 0.2) is 36.4 Å². The Hall–Kier alpha value is -1.58. The first-order valence-corrected chi connectivity index (χ1v) is 7.75. The first-order chi connectivity index (χ1) is 10.3. The normalized spacial score (nSPS) is 17.2. The number of hydrogen-bond donors (Lipinski definition) is 1. The number of piperidine rings is 1. The van der Waals surface area contributed by atoms with Crippen molar-refractivity contribution in [3.63, 3.8) is 0 Å². The molecule has 0 saturated carbocycles. The predicted molar refractivity (Wildman–Crippen MR) is 87.9 cm³/mol. The Bertz CT molecular complexity index is 603. The van der Waals surface area contributed by atoms with Gasteiger partial charge < -0.3 is 10.1 Å². The lowest BCUT2D eigenvalue weighted by atomic mass is 10.0. The van der Waals surface area contributed by atoms with Gasteiger partial charge in [-0.1, -0.05) is 18.2 Å². The second-order valence-corrected chi connectivity index (χ2v) is 5.89. The topological polar surface area (TPSA) is 24.5 Å². The van der Waals surface area contributed by atoms with Crippen LogP contribution < -0.4 is 10.1 Å². The number of methoxy groups -OCH3 is 1. The molecule has 0 bridgehead atoms. The van der Waals surface area contributed by atoms with E-state index in [0.717, 1.165) is 12.3 Å². The van der Waals surface area contributed by atoms with Gasteiger partial charge in [0.1, 0.15) is 5.75 Å². The molecule has 1 heterocycles. The van der Waals surface area contributed by atoms with Crippen LogP contribution in [0.4, 0.5) is 0 Å². The Labute approximate surface area is 126 Å². The Morgan fingerprint density at radius 3 is 2.52 bits per heavy atom. The van der Waals surface area contributed by atoms with Crippen LogP contribution in [0.3, 0.4) is 0 Å². The van der Waals surface area contributed by atoms with Gasteiger partial charge in [0.25, 0.3) is 0 Å². The Morgan fingerprint density at radius 2 is 1.81 bits per heavy atom. The van der Waals surface area contributed by atoms with Gasteiger partial charge >= 0.3 is 0 Å². The molecule has 0 aliphatic carbocycles. The number of benzene rings is 2. The van der Waals surface area contributed by atoms with Crippen LogP contribution in [-0.4, -0.2) is 38.2 Å². The van der Waals surface area contributed by atoms with Crippen LogP contribution in [0.5, 0.6) is 5.75 Å². The van der Waals surface area contributed by atoms with Crippen LogP contribution in [0.25, 0.3) is 10.8 Å². The zero-order valence-corrected chi connectivity index (χ0v) is 12.9. The summed E-state index contributed by atoms with van der Waals surface area (Å²) in [5.74, 6) is 0.921. The highest BCUT2D eigenvalue weighted by Gasteiger charge is 2.17. The molecule has 0 radical (unpaired) electrons. The van der Waals surface area contributed by atoms with Crippen molar-refractivity contribution in [2.24, 2.45) is 0 Å². The second-order valence-electron chi connectivity index (χ2n) is 5.89. The molecule has 2 aromatic carbocycles. The molecule has 3 rings (SSSR count). The lowest BCUT2D eigenvalue weighted by molar-refractivity contribution is 0.194. The van der Waals surface area contributed by atoms with Crippen LogP contribution in [-0.2, 0) is 6.54 Å². The molecular weight excluding hydrogens is 260 g/mol. The summed E-state index contributed by atoms with van der Waals surface area (Å²) in [5, 5.41) is 5.92. The van der Waals surface area contributed by atoms with Gasteiger partial charge in [-0.3, -0.25) is 4.90 Å². The molecule has 0 atom stereocenters. The minimum atomic E-state index is 0.699. The minimum absolute atomic E-state index is 0.699. The Morgan fingerprint density at radius 1 is 1.10 bits per heavy atom. The first kappa shape index (κ1) is 14.4. The average Bonchev–Trinajstić information content (AvgIpc) is 2.55. The van der Waals surface area contributed by atoms with Crippen molar-refractivity contribution in [1.29, 1.82) is 0 Å². The van der Waals surface area contributed by atoms with Gasteiger partial charge in [-0.15, -0.1) is 0 Å². The minimum Gasteiger partial charge on any atom is -0.497 e. The van der Waals surface area contributed by atoms with Crippen molar-refractivity contribution in [2.75, 3.05) is 27.2 Å². The molecule has 1 fully saturated rings. The quantitative estimate of drug-likeness (QED) is 0.934. The molecule has 0 aromatic heterocycles. The SMILES string of the molecule is CNC1CCN(Cc2ccc3cc(OC)ccc3c2)CC1. The molecule has 1 aliphatic heterocycles. The summed E-state index contributed by atoms with van der Waals surface area (Å²) in [4.78, 5) is 2.55. The molecule has 0 spiro atoms. The second kappa shape index (κ2) is 6.46. The van der Waals surface area contributed by atoms with Crippen molar-refractivity contribution in [3.8, 4) is 5.75 Å². The van der Waals surface area contributed by atoms with Gasteiger partial charge in [0.15, 0.2) is 0 Å². The number of ether oxygens (including phenoxy) is 1. The molecule has 21 heavy (non-hydrogen) atoms. The highest BCUT2D eigenvalue weighted by Crippen LogP contribution is 2.23. The lowest BCUT2D eigenvalue weighted by Crippen LogP contribution is -2.40. The van der Waals surface area contributed by atoms with Crippen molar-refractivity contribution >= 4 is 10.8 Å². The van der Waals surface area contributed by atoms with Crippen LogP contribution in [0.2, 0.25) is 0 Å². The third-order valence-corrected chi connectivity index (χ3v) is 4.51. The van der Waals surface area contributed by atoms with Gasteiger partial charge in [0.05, 0.1) is 7.11 Å². The Balaban J connectivity index is 1.70. The molecule has 1 aliphatic rings. The van der Waals surface area contributed by atoms with Crippen molar-refractivity contribution < 1.29 is 4.74 Å². The Kier molecular flexibility index (Phi) is 4.42. The van der Waals surface area contributed by atoms with Gasteiger partial charge in [0.2, 0.25) is 0 Å². The van der Waals surface area contributed by atoms with E-state index in [1.165, 1.54) is 42.3 Å². The van der Waals surface area contributed by atoms with E-state index in [0.29, 0.717) is 6.04 Å². The standard InChI is InChI=1S/C18H24N2O/c1-19-17-7-9-20(10-8-17)13-14-3-4-16-12-18(21-2)6-5-15(16)11-14/h3-6,11-12,17,19H,7-10,13H2,1-2H3. The molecule has 2 aromatic rings. The van der Waals surface area contributed by atoms with Crippen LogP contribution >= 0.6 is 0 Å². The van der Waals surface area contributed by atoms with Gasteiger partial charge in [-0.25, -0.2) is 0 Å². The first-order valence-electron chi connectivity index (χ1n) is 7.75. The lowest BCUT2D eigenvalue weighted by Gasteiger charge is -2.31. The third-order valence-electron chi connectivity index (χ3n) is 4.51. The van der Waals surface area contributed by atoms with Crippen molar-refractivity contribution in [2.45, 2.75) is 25.4 Å². The molecule has 112 valence electrons. The monoisotopic (exact) mass is 284 g/mol. The van der Waals surface area contributed by atoms with Crippen molar-refractivity contribution in [3.05, 3.63) is 42.0 Å². The van der Waals surface area contributed by atoms with Crippen molar-refractivity contribution in [1.82, 2.24) is 10.2 Å². The molecular formula is C18H24N2O. The highest BCUT2D eigenvalue weighted by molar-refractivity contribution is 5.84. The number of nitrogens with one attached hydrogen (secondary N) is 1. The zero-order valence-electron chi connectivity index (χ0n) is 12.9. The highest BCUT2D eigenvalue weighted by atomic mass is 16.5. The van der Waals surface area contributed by atoms with Gasteiger partial charge in [0, 0.05) is 12.6 Å². The summed E-state index contributed by atoms with van der Waals surface area (Å²) in [6.07, 6.45) is 2.50. The summed E-state index contributed by atoms with van der Waals surface area (Å²) < 4.78 is 5.28. The number of fused-ring (bicyclic) bond motifs is 1. The zero-order chi connectivity index (χ0) is 14.7. The van der Waals surface area contributed by atoms with E-state index >= 15 is 0 Å². The smallest absolute Gasteiger partial charge is 0.119 e. The summed E-state index contributed by atoms with van der Waals surface area (Å²) in [6, 6.07) is 13.7. The average molecular weight is 284 g/mol. The molecule has 3 nitrogen and oxygen atoms in total. The summed E-state index contributed by atoms with van der Waals surface area (Å²) >= 11 is 0. The summed E-state index contributed by atoms with van der Waals surface area (Å²) in [6.45, 7) is 3.43. The third kappa shape index (κ3) is 3.36. The van der Waals surface area contributed by atoms with E-state index in [1.54, 1.807) is 7.11 Å². The number of likely N-dealkylation sites (tertiary alicyclic amines) is 1. The maximum Gasteiger partial charge on any atom is 0.119 e. The maximum atomic E-state index is 5.28. The van der Waals surface area contributed by atoms with E-state index in [-0.39, 0.29) is 0 Å².